The summed E-state index contributed by atoms with van der Waals surface area (Å²) in [4.78, 5) is 10.7. The predicted octanol–water partition coefficient (Wildman–Crippen LogP) is 5.23. The van der Waals surface area contributed by atoms with Crippen LogP contribution in [0.15, 0.2) is 36.0 Å². The summed E-state index contributed by atoms with van der Waals surface area (Å²) in [5.41, 5.74) is 4.78. The minimum absolute atomic E-state index is 0.186. The molecule has 0 atom stereocenters. The van der Waals surface area contributed by atoms with Crippen molar-refractivity contribution in [2.75, 3.05) is 26.5 Å². The number of quaternary nitrogens is 1. The number of carboxylic acids is 1. The van der Waals surface area contributed by atoms with Crippen LogP contribution < -0.4 is 9.22 Å². The number of hydrogen-bond acceptors (Lipinski definition) is 4. The SMILES string of the molecule is CC1=C(CCCCS(=O)(=O)O)c2c(cc(OCCCCCC(=O)O)c3ccccc23)[N+]1(C)C. The lowest BCUT2D eigenvalue weighted by Gasteiger charge is -2.26. The first-order valence-corrected chi connectivity index (χ1v) is 13.0. The average Bonchev–Trinajstić information content (AvgIpc) is 2.93. The zero-order valence-corrected chi connectivity index (χ0v) is 20.5. The van der Waals surface area contributed by atoms with Crippen molar-refractivity contribution in [1.82, 2.24) is 4.48 Å². The maximum atomic E-state index is 11.1. The van der Waals surface area contributed by atoms with Crippen molar-refractivity contribution >= 4 is 38.1 Å². The van der Waals surface area contributed by atoms with E-state index in [4.69, 9.17) is 14.4 Å². The molecule has 0 spiro atoms. The fourth-order valence-corrected chi connectivity index (χ4v) is 5.10. The molecule has 0 amide bonds. The first-order chi connectivity index (χ1) is 15.5. The molecule has 180 valence electrons. The summed E-state index contributed by atoms with van der Waals surface area (Å²) in [7, 11) is 0.343. The number of hydrogen-bond donors (Lipinski definition) is 2. The van der Waals surface area contributed by atoms with Crippen LogP contribution >= 0.6 is 0 Å². The molecule has 3 rings (SSSR count). The third kappa shape index (κ3) is 5.93. The summed E-state index contributed by atoms with van der Waals surface area (Å²) in [6.45, 7) is 2.65. The van der Waals surface area contributed by atoms with E-state index in [1.54, 1.807) is 0 Å². The molecule has 8 heteroatoms. The summed E-state index contributed by atoms with van der Waals surface area (Å²) in [6, 6.07) is 10.3. The Balaban J connectivity index is 1.85. The van der Waals surface area contributed by atoms with Gasteiger partial charge in [-0.15, -0.1) is 0 Å². The van der Waals surface area contributed by atoms with Gasteiger partial charge in [0, 0.05) is 30.4 Å². The maximum absolute atomic E-state index is 11.1. The third-order valence-electron chi connectivity index (χ3n) is 6.54. The summed E-state index contributed by atoms with van der Waals surface area (Å²) in [5, 5.41) is 10.9. The number of nitrogens with zero attached hydrogens (tertiary/aromatic N) is 1. The second-order valence-corrected chi connectivity index (χ2v) is 10.7. The van der Waals surface area contributed by atoms with E-state index in [9.17, 15) is 13.2 Å². The molecule has 1 aliphatic rings. The summed E-state index contributed by atoms with van der Waals surface area (Å²) >= 11 is 0. The molecule has 7 nitrogen and oxygen atoms in total. The number of ether oxygens (including phenoxy) is 1. The van der Waals surface area contributed by atoms with Gasteiger partial charge in [-0.3, -0.25) is 13.8 Å². The van der Waals surface area contributed by atoms with Crippen LogP contribution in [0.1, 0.15) is 57.4 Å². The van der Waals surface area contributed by atoms with E-state index in [1.807, 2.05) is 12.1 Å². The van der Waals surface area contributed by atoms with Crippen molar-refractivity contribution < 1.29 is 27.6 Å². The fraction of sp³-hybridized carbons (Fsp3) is 0.480. The molecule has 0 saturated carbocycles. The summed E-state index contributed by atoms with van der Waals surface area (Å²) < 4.78 is 38.0. The molecule has 2 aromatic carbocycles. The lowest BCUT2D eigenvalue weighted by Crippen LogP contribution is -2.36. The van der Waals surface area contributed by atoms with Gasteiger partial charge < -0.3 is 9.84 Å². The Morgan fingerprint density at radius 3 is 2.39 bits per heavy atom. The van der Waals surface area contributed by atoms with Crippen molar-refractivity contribution in [3.63, 3.8) is 0 Å². The molecule has 2 N–H and O–H groups in total. The number of allylic oxidation sites excluding steroid dienone is 2. The van der Waals surface area contributed by atoms with Gasteiger partial charge in [-0.25, -0.2) is 0 Å². The molecule has 0 radical (unpaired) electrons. The molecule has 0 unspecified atom stereocenters. The van der Waals surface area contributed by atoms with Gasteiger partial charge in [0.15, 0.2) is 0 Å². The number of carboxylic acid groups (broad SMARTS) is 1. The van der Waals surface area contributed by atoms with Gasteiger partial charge >= 0.3 is 5.97 Å². The van der Waals surface area contributed by atoms with Gasteiger partial charge in [0.1, 0.15) is 17.1 Å². The van der Waals surface area contributed by atoms with E-state index >= 15 is 0 Å². The van der Waals surface area contributed by atoms with Gasteiger partial charge in [-0.1, -0.05) is 24.3 Å². The first kappa shape index (κ1) is 25.2. The summed E-state index contributed by atoms with van der Waals surface area (Å²) in [6.07, 6.45) is 4.28. The van der Waals surface area contributed by atoms with Crippen LogP contribution in [0.5, 0.6) is 5.75 Å². The Hall–Kier alpha value is -2.42. The van der Waals surface area contributed by atoms with Gasteiger partial charge in [-0.2, -0.15) is 8.42 Å². The smallest absolute Gasteiger partial charge is 0.303 e. The highest BCUT2D eigenvalue weighted by Gasteiger charge is 2.38. The van der Waals surface area contributed by atoms with E-state index in [2.05, 4.69) is 39.2 Å². The number of rotatable bonds is 12. The standard InChI is InChI=1S/C25H33NO6S/c1-18-19(11-8-10-16-33(29,30)31)25-21-13-7-6-12-20(21)23(17-22(25)26(18,2)3)32-15-9-4-5-14-24(27)28/h6-7,12-13,17H,4-5,8-11,14-16H2,1-3H3,(H-,27,28,29,30,31)/p+1. The highest BCUT2D eigenvalue weighted by Crippen LogP contribution is 2.50. The molecule has 0 aliphatic carbocycles. The van der Waals surface area contributed by atoms with Crippen LogP contribution in [-0.4, -0.2) is 50.5 Å². The second-order valence-electron chi connectivity index (χ2n) is 9.13. The lowest BCUT2D eigenvalue weighted by atomic mass is 9.94. The third-order valence-corrected chi connectivity index (χ3v) is 7.34. The van der Waals surface area contributed by atoms with Crippen LogP contribution in [0, 0.1) is 0 Å². The number of fused-ring (bicyclic) bond motifs is 3. The van der Waals surface area contributed by atoms with Crippen LogP contribution in [0.25, 0.3) is 16.3 Å². The Morgan fingerprint density at radius 2 is 1.73 bits per heavy atom. The Kier molecular flexibility index (Phi) is 7.82. The number of benzene rings is 2. The van der Waals surface area contributed by atoms with Crippen molar-refractivity contribution in [3.8, 4) is 5.75 Å². The monoisotopic (exact) mass is 476 g/mol. The topological polar surface area (TPSA) is 101 Å². The highest BCUT2D eigenvalue weighted by molar-refractivity contribution is 7.85. The van der Waals surface area contributed by atoms with Crippen molar-refractivity contribution in [3.05, 3.63) is 41.6 Å². The Labute approximate surface area is 196 Å². The zero-order valence-electron chi connectivity index (χ0n) is 19.6. The fourth-order valence-electron chi connectivity index (χ4n) is 4.53. The highest BCUT2D eigenvalue weighted by atomic mass is 32.2. The average molecular weight is 477 g/mol. The molecule has 1 heterocycles. The molecule has 0 saturated heterocycles. The van der Waals surface area contributed by atoms with Crippen LogP contribution in [0.4, 0.5) is 5.69 Å². The van der Waals surface area contributed by atoms with E-state index < -0.39 is 16.1 Å². The number of carbonyl (C=O) groups is 1. The number of unbranched alkanes of at least 4 members (excludes halogenated alkanes) is 3. The van der Waals surface area contributed by atoms with Gasteiger partial charge in [-0.05, 0) is 43.9 Å². The largest absolute Gasteiger partial charge is 0.493 e. The van der Waals surface area contributed by atoms with Crippen LogP contribution in [0.2, 0.25) is 0 Å². The van der Waals surface area contributed by atoms with Crippen molar-refractivity contribution in [2.24, 2.45) is 0 Å². The predicted molar refractivity (Wildman–Crippen MR) is 132 cm³/mol. The van der Waals surface area contributed by atoms with Crippen LogP contribution in [0.3, 0.4) is 0 Å². The molecular formula is C25H34NO6S+. The lowest BCUT2D eigenvalue weighted by molar-refractivity contribution is -0.137. The first-order valence-electron chi connectivity index (χ1n) is 11.4. The minimum atomic E-state index is -3.94. The van der Waals surface area contributed by atoms with Gasteiger partial charge in [0.2, 0.25) is 0 Å². The maximum Gasteiger partial charge on any atom is 0.303 e. The molecule has 0 aromatic heterocycles. The van der Waals surface area contributed by atoms with E-state index in [-0.39, 0.29) is 12.2 Å². The zero-order chi connectivity index (χ0) is 24.2. The minimum Gasteiger partial charge on any atom is -0.493 e. The quantitative estimate of drug-likeness (QED) is 0.247. The second kappa shape index (κ2) is 10.2. The molecule has 2 aromatic rings. The molecule has 33 heavy (non-hydrogen) atoms. The number of aliphatic carboxylic acids is 1. The van der Waals surface area contributed by atoms with Gasteiger partial charge in [0.05, 0.1) is 32.0 Å². The molecule has 0 bridgehead atoms. The normalized spacial score (nSPS) is 15.2. The Bertz CT molecular complexity index is 1170. The van der Waals surface area contributed by atoms with E-state index in [0.29, 0.717) is 30.4 Å². The van der Waals surface area contributed by atoms with E-state index in [0.717, 1.165) is 41.5 Å². The molecule has 1 aliphatic heterocycles. The van der Waals surface area contributed by atoms with Crippen LogP contribution in [-0.2, 0) is 14.9 Å². The molecule has 0 fully saturated rings. The van der Waals surface area contributed by atoms with Crippen molar-refractivity contribution in [1.29, 1.82) is 0 Å². The van der Waals surface area contributed by atoms with Gasteiger partial charge in [0.25, 0.3) is 10.1 Å². The van der Waals surface area contributed by atoms with Crippen molar-refractivity contribution in [2.45, 2.75) is 51.9 Å². The van der Waals surface area contributed by atoms with E-state index in [1.165, 1.54) is 16.8 Å². The molecular weight excluding hydrogens is 442 g/mol. The summed E-state index contributed by atoms with van der Waals surface area (Å²) in [5.74, 6) is -0.156. The Morgan fingerprint density at radius 1 is 1.03 bits per heavy atom.